The molecule has 1 aromatic heterocycles. The van der Waals surface area contributed by atoms with Crippen molar-refractivity contribution in [1.29, 1.82) is 0 Å². The first-order valence-corrected chi connectivity index (χ1v) is 8.53. The van der Waals surface area contributed by atoms with Crippen LogP contribution in [0.4, 0.5) is 11.4 Å². The highest BCUT2D eigenvalue weighted by Gasteiger charge is 2.18. The summed E-state index contributed by atoms with van der Waals surface area (Å²) in [4.78, 5) is 26.6. The lowest BCUT2D eigenvalue weighted by atomic mass is 10.2. The molecule has 1 amide bonds. The summed E-state index contributed by atoms with van der Waals surface area (Å²) in [6.45, 7) is 0. The Morgan fingerprint density at radius 2 is 2.12 bits per heavy atom. The highest BCUT2D eigenvalue weighted by molar-refractivity contribution is 7.99. The minimum absolute atomic E-state index is 0.0259. The number of rotatable bonds is 5. The van der Waals surface area contributed by atoms with Crippen LogP contribution in [-0.2, 0) is 0 Å². The number of thioether (sulfide) groups is 1. The smallest absolute Gasteiger partial charge is 0.269 e. The molecule has 1 aromatic carbocycles. The van der Waals surface area contributed by atoms with E-state index in [-0.39, 0.29) is 17.7 Å². The molecule has 8 heteroatoms. The maximum Gasteiger partial charge on any atom is 0.269 e. The Bertz CT molecular complexity index is 745. The zero-order valence-electron chi connectivity index (χ0n) is 12.7. The van der Waals surface area contributed by atoms with Gasteiger partial charge in [-0.2, -0.15) is 11.8 Å². The number of anilines is 1. The van der Waals surface area contributed by atoms with E-state index < -0.39 is 4.92 Å². The standard InChI is InChI=1S/C16H15N3O4S/c20-16(18-12-1-3-13(4-2-12)19(21)22)11-5-7-17-15(9-11)23-14-6-8-24-10-14/h1-5,7,9,14H,6,8,10H2,(H,18,20). The van der Waals surface area contributed by atoms with Crippen molar-refractivity contribution < 1.29 is 14.5 Å². The number of nitro benzene ring substituents is 1. The fourth-order valence-corrected chi connectivity index (χ4v) is 3.36. The van der Waals surface area contributed by atoms with E-state index in [0.29, 0.717) is 17.1 Å². The van der Waals surface area contributed by atoms with Crippen LogP contribution in [0.5, 0.6) is 5.88 Å². The molecule has 0 aliphatic carbocycles. The number of benzene rings is 1. The molecule has 7 nitrogen and oxygen atoms in total. The summed E-state index contributed by atoms with van der Waals surface area (Å²) in [7, 11) is 0. The Balaban J connectivity index is 1.66. The molecular weight excluding hydrogens is 330 g/mol. The Morgan fingerprint density at radius 1 is 1.33 bits per heavy atom. The topological polar surface area (TPSA) is 94.4 Å². The molecular formula is C16H15N3O4S. The van der Waals surface area contributed by atoms with Gasteiger partial charge >= 0.3 is 0 Å². The average Bonchev–Trinajstić information content (AvgIpc) is 3.08. The Hall–Kier alpha value is -2.61. The summed E-state index contributed by atoms with van der Waals surface area (Å²) in [5, 5.41) is 13.3. The average molecular weight is 345 g/mol. The highest BCUT2D eigenvalue weighted by Crippen LogP contribution is 2.23. The van der Waals surface area contributed by atoms with Gasteiger partial charge in [0.05, 0.1) is 4.92 Å². The van der Waals surface area contributed by atoms with E-state index in [2.05, 4.69) is 10.3 Å². The molecule has 0 bridgehead atoms. The highest BCUT2D eigenvalue weighted by atomic mass is 32.2. The third kappa shape index (κ3) is 4.02. The molecule has 0 radical (unpaired) electrons. The second kappa shape index (κ2) is 7.31. The van der Waals surface area contributed by atoms with Crippen LogP contribution in [0.1, 0.15) is 16.8 Å². The SMILES string of the molecule is O=C(Nc1ccc([N+](=O)[O-])cc1)c1ccnc(OC2CCSC2)c1. The molecule has 1 unspecified atom stereocenters. The van der Waals surface area contributed by atoms with Crippen LogP contribution in [0, 0.1) is 10.1 Å². The first-order chi connectivity index (χ1) is 11.6. The van der Waals surface area contributed by atoms with Crippen LogP contribution < -0.4 is 10.1 Å². The normalized spacial score (nSPS) is 16.6. The van der Waals surface area contributed by atoms with Crippen LogP contribution in [0.2, 0.25) is 0 Å². The second-order valence-electron chi connectivity index (χ2n) is 5.24. The summed E-state index contributed by atoms with van der Waals surface area (Å²) in [5.74, 6) is 2.11. The van der Waals surface area contributed by atoms with Gasteiger partial charge in [-0.3, -0.25) is 14.9 Å². The van der Waals surface area contributed by atoms with E-state index >= 15 is 0 Å². The van der Waals surface area contributed by atoms with Crippen LogP contribution in [0.15, 0.2) is 42.6 Å². The zero-order valence-corrected chi connectivity index (χ0v) is 13.5. The lowest BCUT2D eigenvalue weighted by Crippen LogP contribution is -2.17. The van der Waals surface area contributed by atoms with Crippen molar-refractivity contribution in [2.45, 2.75) is 12.5 Å². The molecule has 1 saturated heterocycles. The molecule has 3 rings (SSSR count). The fraction of sp³-hybridized carbons (Fsp3) is 0.250. The molecule has 1 fully saturated rings. The Kier molecular flexibility index (Phi) is 4.95. The second-order valence-corrected chi connectivity index (χ2v) is 6.39. The third-order valence-electron chi connectivity index (χ3n) is 3.51. The Morgan fingerprint density at radius 3 is 2.79 bits per heavy atom. The summed E-state index contributed by atoms with van der Waals surface area (Å²) in [5.41, 5.74) is 0.878. The number of amides is 1. The number of hydrogen-bond acceptors (Lipinski definition) is 6. The van der Waals surface area contributed by atoms with Crippen LogP contribution >= 0.6 is 11.8 Å². The summed E-state index contributed by atoms with van der Waals surface area (Å²) >= 11 is 1.84. The van der Waals surface area contributed by atoms with Gasteiger partial charge in [-0.15, -0.1) is 0 Å². The number of nitrogens with one attached hydrogen (secondary N) is 1. The molecule has 2 aromatic rings. The van der Waals surface area contributed by atoms with Crippen molar-refractivity contribution in [3.63, 3.8) is 0 Å². The van der Waals surface area contributed by atoms with E-state index in [9.17, 15) is 14.9 Å². The molecule has 124 valence electrons. The predicted octanol–water partition coefficient (Wildman–Crippen LogP) is 3.13. The molecule has 0 spiro atoms. The summed E-state index contributed by atoms with van der Waals surface area (Å²) < 4.78 is 5.77. The quantitative estimate of drug-likeness (QED) is 0.661. The van der Waals surface area contributed by atoms with Crippen LogP contribution in [0.25, 0.3) is 0 Å². The van der Waals surface area contributed by atoms with E-state index in [1.54, 1.807) is 12.1 Å². The summed E-state index contributed by atoms with van der Waals surface area (Å²) in [6.07, 6.45) is 2.64. The lowest BCUT2D eigenvalue weighted by molar-refractivity contribution is -0.384. The van der Waals surface area contributed by atoms with Crippen LogP contribution in [-0.4, -0.2) is 33.4 Å². The molecule has 2 heterocycles. The van der Waals surface area contributed by atoms with Gasteiger partial charge in [-0.05, 0) is 30.4 Å². The zero-order chi connectivity index (χ0) is 16.9. The molecule has 1 aliphatic rings. The van der Waals surface area contributed by atoms with Gasteiger partial charge in [0.25, 0.3) is 11.6 Å². The number of ether oxygens (including phenoxy) is 1. The van der Waals surface area contributed by atoms with Crippen molar-refractivity contribution >= 4 is 29.0 Å². The number of aromatic nitrogens is 1. The van der Waals surface area contributed by atoms with Crippen molar-refractivity contribution in [1.82, 2.24) is 4.98 Å². The molecule has 1 atom stereocenters. The van der Waals surface area contributed by atoms with Gasteiger partial charge in [-0.1, -0.05) is 0 Å². The molecule has 1 N–H and O–H groups in total. The van der Waals surface area contributed by atoms with Gasteiger partial charge in [0.15, 0.2) is 0 Å². The lowest BCUT2D eigenvalue weighted by Gasteiger charge is -2.12. The number of hydrogen-bond donors (Lipinski definition) is 1. The Labute approximate surface area is 142 Å². The van der Waals surface area contributed by atoms with Crippen molar-refractivity contribution in [2.24, 2.45) is 0 Å². The van der Waals surface area contributed by atoms with Crippen molar-refractivity contribution in [3.8, 4) is 5.88 Å². The number of carbonyl (C=O) groups excluding carboxylic acids is 1. The fourth-order valence-electron chi connectivity index (χ4n) is 2.26. The van der Waals surface area contributed by atoms with Gasteiger partial charge in [0.1, 0.15) is 6.10 Å². The monoisotopic (exact) mass is 345 g/mol. The number of pyridine rings is 1. The molecule has 24 heavy (non-hydrogen) atoms. The van der Waals surface area contributed by atoms with Gasteiger partial charge in [0.2, 0.25) is 5.88 Å². The maximum absolute atomic E-state index is 12.3. The van der Waals surface area contributed by atoms with Gasteiger partial charge in [0, 0.05) is 41.4 Å². The van der Waals surface area contributed by atoms with E-state index in [1.165, 1.54) is 30.5 Å². The van der Waals surface area contributed by atoms with Gasteiger partial charge in [-0.25, -0.2) is 4.98 Å². The van der Waals surface area contributed by atoms with Crippen molar-refractivity contribution in [2.75, 3.05) is 16.8 Å². The van der Waals surface area contributed by atoms with E-state index in [1.807, 2.05) is 11.8 Å². The number of non-ortho nitro benzene ring substituents is 1. The minimum atomic E-state index is -0.487. The first-order valence-electron chi connectivity index (χ1n) is 7.38. The largest absolute Gasteiger partial charge is 0.473 e. The number of nitro groups is 1. The van der Waals surface area contributed by atoms with Gasteiger partial charge < -0.3 is 10.1 Å². The van der Waals surface area contributed by atoms with E-state index in [0.717, 1.165) is 17.9 Å². The maximum atomic E-state index is 12.3. The minimum Gasteiger partial charge on any atom is -0.473 e. The third-order valence-corrected chi connectivity index (χ3v) is 4.64. The van der Waals surface area contributed by atoms with E-state index in [4.69, 9.17) is 4.74 Å². The number of carbonyl (C=O) groups is 1. The van der Waals surface area contributed by atoms with Crippen molar-refractivity contribution in [3.05, 3.63) is 58.3 Å². The van der Waals surface area contributed by atoms with Crippen LogP contribution in [0.3, 0.4) is 0 Å². The first kappa shape index (κ1) is 16.3. The number of nitrogens with zero attached hydrogens (tertiary/aromatic N) is 2. The molecule has 1 aliphatic heterocycles. The predicted molar refractivity (Wildman–Crippen MR) is 91.6 cm³/mol. The molecule has 0 saturated carbocycles. The summed E-state index contributed by atoms with van der Waals surface area (Å²) in [6, 6.07) is 8.86.